The summed E-state index contributed by atoms with van der Waals surface area (Å²) >= 11 is 1.68. The first-order valence-electron chi connectivity index (χ1n) is 8.45. The van der Waals surface area contributed by atoms with Gasteiger partial charge in [-0.25, -0.2) is 9.97 Å². The van der Waals surface area contributed by atoms with Gasteiger partial charge < -0.3 is 8.98 Å². The molecule has 0 N–H and O–H groups in total. The van der Waals surface area contributed by atoms with E-state index < -0.39 is 0 Å². The number of aromatic nitrogens is 3. The van der Waals surface area contributed by atoms with E-state index in [9.17, 15) is 0 Å². The summed E-state index contributed by atoms with van der Waals surface area (Å²) in [6.07, 6.45) is 9.30. The zero-order valence-electron chi connectivity index (χ0n) is 13.9. The highest BCUT2D eigenvalue weighted by atomic mass is 32.1. The lowest BCUT2D eigenvalue weighted by atomic mass is 9.94. The van der Waals surface area contributed by atoms with Crippen molar-refractivity contribution in [3.8, 4) is 10.6 Å². The van der Waals surface area contributed by atoms with Gasteiger partial charge in [0.1, 0.15) is 5.82 Å². The van der Waals surface area contributed by atoms with Crippen LogP contribution in [-0.4, -0.2) is 32.5 Å². The first-order chi connectivity index (χ1) is 11.8. The molecule has 0 saturated carbocycles. The third kappa shape index (κ3) is 3.44. The normalized spacial score (nSPS) is 19.0. The molecule has 0 aliphatic carbocycles. The monoisotopic (exact) mass is 342 g/mol. The van der Waals surface area contributed by atoms with Crippen LogP contribution in [0.1, 0.15) is 24.6 Å². The third-order valence-electron chi connectivity index (χ3n) is 4.67. The number of oxazole rings is 1. The molecule has 24 heavy (non-hydrogen) atoms. The van der Waals surface area contributed by atoms with Crippen molar-refractivity contribution >= 4 is 11.3 Å². The average Bonchev–Trinajstić information content (AvgIpc) is 3.31. The molecule has 1 atom stereocenters. The summed E-state index contributed by atoms with van der Waals surface area (Å²) in [5.74, 6) is 3.53. The molecule has 4 rings (SSSR count). The molecule has 5 nitrogen and oxygen atoms in total. The van der Waals surface area contributed by atoms with Crippen LogP contribution < -0.4 is 0 Å². The maximum Gasteiger partial charge on any atom is 0.209 e. The second kappa shape index (κ2) is 6.91. The number of hydrogen-bond donors (Lipinski definition) is 0. The highest BCUT2D eigenvalue weighted by Gasteiger charge is 2.22. The highest BCUT2D eigenvalue weighted by Crippen LogP contribution is 2.26. The second-order valence-corrected chi connectivity index (χ2v) is 7.45. The molecule has 6 heteroatoms. The van der Waals surface area contributed by atoms with Gasteiger partial charge in [-0.15, -0.1) is 11.3 Å². The number of nitrogens with zero attached hydrogens (tertiary/aromatic N) is 4. The first-order valence-corrected chi connectivity index (χ1v) is 9.33. The number of hydrogen-bond acceptors (Lipinski definition) is 5. The van der Waals surface area contributed by atoms with E-state index >= 15 is 0 Å². The summed E-state index contributed by atoms with van der Waals surface area (Å²) in [6.45, 7) is 3.00. The predicted molar refractivity (Wildman–Crippen MR) is 94.7 cm³/mol. The lowest BCUT2D eigenvalue weighted by Gasteiger charge is -2.31. The molecule has 0 unspecified atom stereocenters. The lowest BCUT2D eigenvalue weighted by molar-refractivity contribution is 0.153. The van der Waals surface area contributed by atoms with E-state index in [1.165, 1.54) is 18.7 Å². The predicted octanol–water partition coefficient (Wildman–Crippen LogP) is 3.59. The molecule has 4 heterocycles. The molecule has 0 amide bonds. The SMILES string of the molecule is Cn1ccnc1C[C@H]1CCCN(Cc2ncc(-c3cccs3)o2)C1. The van der Waals surface area contributed by atoms with Crippen molar-refractivity contribution in [2.24, 2.45) is 13.0 Å². The molecular weight excluding hydrogens is 320 g/mol. The average molecular weight is 342 g/mol. The highest BCUT2D eigenvalue weighted by molar-refractivity contribution is 7.13. The maximum atomic E-state index is 5.93. The summed E-state index contributed by atoms with van der Waals surface area (Å²) < 4.78 is 8.06. The van der Waals surface area contributed by atoms with Crippen molar-refractivity contribution in [3.05, 3.63) is 47.8 Å². The molecule has 0 radical (unpaired) electrons. The quantitative estimate of drug-likeness (QED) is 0.711. The Morgan fingerprint density at radius 2 is 2.33 bits per heavy atom. The lowest BCUT2D eigenvalue weighted by Crippen LogP contribution is -2.36. The van der Waals surface area contributed by atoms with Crippen LogP contribution in [0.4, 0.5) is 0 Å². The van der Waals surface area contributed by atoms with Crippen LogP contribution in [0.25, 0.3) is 10.6 Å². The fourth-order valence-electron chi connectivity index (χ4n) is 3.42. The Bertz CT molecular complexity index is 777. The van der Waals surface area contributed by atoms with Crippen molar-refractivity contribution in [2.45, 2.75) is 25.8 Å². The van der Waals surface area contributed by atoms with Gasteiger partial charge in [0.2, 0.25) is 5.89 Å². The van der Waals surface area contributed by atoms with E-state index in [-0.39, 0.29) is 0 Å². The number of aryl methyl sites for hydroxylation is 1. The number of likely N-dealkylation sites (tertiary alicyclic amines) is 1. The number of imidazole rings is 1. The Hall–Kier alpha value is -1.92. The smallest absolute Gasteiger partial charge is 0.209 e. The second-order valence-electron chi connectivity index (χ2n) is 6.50. The molecule has 1 fully saturated rings. The minimum absolute atomic E-state index is 0.659. The minimum atomic E-state index is 0.659. The van der Waals surface area contributed by atoms with Crippen LogP contribution in [0.5, 0.6) is 0 Å². The molecule has 1 saturated heterocycles. The molecule has 1 aliphatic rings. The van der Waals surface area contributed by atoms with E-state index in [4.69, 9.17) is 4.42 Å². The number of thiophene rings is 1. The first kappa shape index (κ1) is 15.6. The molecule has 0 spiro atoms. The zero-order chi connectivity index (χ0) is 16.4. The van der Waals surface area contributed by atoms with E-state index in [1.54, 1.807) is 11.3 Å². The molecule has 3 aromatic rings. The minimum Gasteiger partial charge on any atom is -0.438 e. The molecule has 0 bridgehead atoms. The molecule has 126 valence electrons. The van der Waals surface area contributed by atoms with Crippen LogP contribution in [0.15, 0.2) is 40.5 Å². The van der Waals surface area contributed by atoms with Crippen molar-refractivity contribution in [1.82, 2.24) is 19.4 Å². The van der Waals surface area contributed by atoms with Crippen LogP contribution in [0.2, 0.25) is 0 Å². The Balaban J connectivity index is 1.37. The largest absolute Gasteiger partial charge is 0.438 e. The van der Waals surface area contributed by atoms with Crippen LogP contribution in [0, 0.1) is 5.92 Å². The van der Waals surface area contributed by atoms with Crippen molar-refractivity contribution in [1.29, 1.82) is 0 Å². The standard InChI is InChI=1S/C18H22N4OS/c1-21-8-6-19-17(21)10-14-4-2-7-22(12-14)13-18-20-11-15(23-18)16-5-3-9-24-16/h3,5-6,8-9,11,14H,2,4,7,10,12-13H2,1H3/t14-/m1/s1. The fourth-order valence-corrected chi connectivity index (χ4v) is 4.09. The van der Waals surface area contributed by atoms with Gasteiger partial charge in [0, 0.05) is 32.4 Å². The Kier molecular flexibility index (Phi) is 4.49. The summed E-state index contributed by atoms with van der Waals surface area (Å²) in [5.41, 5.74) is 0. The third-order valence-corrected chi connectivity index (χ3v) is 5.56. The summed E-state index contributed by atoms with van der Waals surface area (Å²) in [6, 6.07) is 4.10. The molecular formula is C18H22N4OS. The maximum absolute atomic E-state index is 5.93. The van der Waals surface area contributed by atoms with E-state index in [0.29, 0.717) is 5.92 Å². The Morgan fingerprint density at radius 3 is 3.12 bits per heavy atom. The fraction of sp³-hybridized carbons (Fsp3) is 0.444. The molecule has 3 aromatic heterocycles. The van der Waals surface area contributed by atoms with Gasteiger partial charge >= 0.3 is 0 Å². The van der Waals surface area contributed by atoms with Gasteiger partial charge in [-0.2, -0.15) is 0 Å². The van der Waals surface area contributed by atoms with E-state index in [0.717, 1.165) is 42.6 Å². The van der Waals surface area contributed by atoms with Crippen LogP contribution >= 0.6 is 11.3 Å². The van der Waals surface area contributed by atoms with Crippen molar-refractivity contribution < 1.29 is 4.42 Å². The summed E-state index contributed by atoms with van der Waals surface area (Å²) in [4.78, 5) is 12.5. The topological polar surface area (TPSA) is 47.1 Å². The summed E-state index contributed by atoms with van der Waals surface area (Å²) in [5, 5.41) is 2.06. The zero-order valence-corrected chi connectivity index (χ0v) is 14.7. The van der Waals surface area contributed by atoms with Gasteiger partial charge in [0.05, 0.1) is 17.6 Å². The van der Waals surface area contributed by atoms with Crippen LogP contribution in [-0.2, 0) is 20.0 Å². The summed E-state index contributed by atoms with van der Waals surface area (Å²) in [7, 11) is 2.07. The van der Waals surface area contributed by atoms with Gasteiger partial charge in [-0.3, -0.25) is 4.90 Å². The van der Waals surface area contributed by atoms with Gasteiger partial charge in [-0.05, 0) is 36.8 Å². The number of rotatable bonds is 5. The van der Waals surface area contributed by atoms with E-state index in [2.05, 4.69) is 37.9 Å². The Morgan fingerprint density at radius 1 is 1.38 bits per heavy atom. The van der Waals surface area contributed by atoms with Gasteiger partial charge in [0.15, 0.2) is 5.76 Å². The molecule has 0 aromatic carbocycles. The van der Waals surface area contributed by atoms with Crippen LogP contribution in [0.3, 0.4) is 0 Å². The Labute approximate surface area is 146 Å². The van der Waals surface area contributed by atoms with Crippen molar-refractivity contribution in [2.75, 3.05) is 13.1 Å². The van der Waals surface area contributed by atoms with Gasteiger partial charge in [0.25, 0.3) is 0 Å². The van der Waals surface area contributed by atoms with Gasteiger partial charge in [-0.1, -0.05) is 6.07 Å². The van der Waals surface area contributed by atoms with E-state index in [1.807, 2.05) is 24.7 Å². The molecule has 1 aliphatic heterocycles. The number of piperidine rings is 1. The van der Waals surface area contributed by atoms with Crippen molar-refractivity contribution in [3.63, 3.8) is 0 Å².